The molecule has 1 aromatic carbocycles. The molecule has 2 aromatic rings. The van der Waals surface area contributed by atoms with Crippen LogP contribution in [0.25, 0.3) is 0 Å². The van der Waals surface area contributed by atoms with Gasteiger partial charge in [0.1, 0.15) is 11.6 Å². The van der Waals surface area contributed by atoms with Crippen LogP contribution in [0, 0.1) is 5.82 Å². The van der Waals surface area contributed by atoms with Crippen molar-refractivity contribution in [1.82, 2.24) is 5.32 Å². The maximum Gasteiger partial charge on any atom is 0.123 e. The Morgan fingerprint density at radius 2 is 2.16 bits per heavy atom. The first-order valence-electron chi connectivity index (χ1n) is 6.02. The van der Waals surface area contributed by atoms with E-state index in [9.17, 15) is 9.50 Å². The van der Waals surface area contributed by atoms with E-state index >= 15 is 0 Å². The zero-order valence-electron chi connectivity index (χ0n) is 10.5. The summed E-state index contributed by atoms with van der Waals surface area (Å²) >= 11 is 7.42. The molecule has 19 heavy (non-hydrogen) atoms. The zero-order chi connectivity index (χ0) is 13.8. The van der Waals surface area contributed by atoms with Crippen LogP contribution in [-0.2, 0) is 6.42 Å². The lowest BCUT2D eigenvalue weighted by Crippen LogP contribution is -2.21. The van der Waals surface area contributed by atoms with E-state index in [-0.39, 0.29) is 17.6 Å². The van der Waals surface area contributed by atoms with Gasteiger partial charge in [-0.15, -0.1) is 11.3 Å². The molecular weight excluding hydrogens is 285 g/mol. The fourth-order valence-electron chi connectivity index (χ4n) is 1.88. The highest BCUT2D eigenvalue weighted by molar-refractivity contribution is 7.16. The molecule has 1 aromatic heterocycles. The van der Waals surface area contributed by atoms with Crippen molar-refractivity contribution in [2.45, 2.75) is 19.4 Å². The Labute approximate surface area is 120 Å². The zero-order valence-corrected chi connectivity index (χ0v) is 12.1. The molecule has 102 valence electrons. The third-order valence-electron chi connectivity index (χ3n) is 2.91. The van der Waals surface area contributed by atoms with Gasteiger partial charge in [0.05, 0.1) is 4.34 Å². The number of hydrogen-bond donors (Lipinski definition) is 2. The van der Waals surface area contributed by atoms with Crippen molar-refractivity contribution < 1.29 is 9.50 Å². The standard InChI is InChI=1S/C14H15ClFNOS/c1-9(12-8-10(16)2-4-13(12)18)17-7-6-11-3-5-14(15)19-11/h2-5,8-9,17-18H,6-7H2,1H3. The number of halogens is 2. The number of hydrogen-bond acceptors (Lipinski definition) is 3. The molecule has 0 saturated carbocycles. The molecule has 0 fully saturated rings. The average Bonchev–Trinajstić information content (AvgIpc) is 2.78. The van der Waals surface area contributed by atoms with Crippen molar-refractivity contribution in [3.05, 3.63) is 50.9 Å². The van der Waals surface area contributed by atoms with Crippen LogP contribution in [0.5, 0.6) is 5.75 Å². The molecule has 5 heteroatoms. The first kappa shape index (κ1) is 14.3. The molecule has 0 radical (unpaired) electrons. The van der Waals surface area contributed by atoms with E-state index in [0.717, 1.165) is 17.3 Å². The molecule has 0 bridgehead atoms. The Morgan fingerprint density at radius 3 is 2.84 bits per heavy atom. The predicted molar refractivity (Wildman–Crippen MR) is 77.5 cm³/mol. The third kappa shape index (κ3) is 3.93. The van der Waals surface area contributed by atoms with Crippen molar-refractivity contribution in [2.24, 2.45) is 0 Å². The smallest absolute Gasteiger partial charge is 0.123 e. The van der Waals surface area contributed by atoms with Crippen LogP contribution >= 0.6 is 22.9 Å². The summed E-state index contributed by atoms with van der Waals surface area (Å²) in [6, 6.07) is 7.75. The molecule has 0 saturated heterocycles. The topological polar surface area (TPSA) is 32.3 Å². The molecule has 2 nitrogen and oxygen atoms in total. The number of benzene rings is 1. The first-order chi connectivity index (χ1) is 9.06. The van der Waals surface area contributed by atoms with Crippen molar-refractivity contribution in [1.29, 1.82) is 0 Å². The maximum absolute atomic E-state index is 13.1. The van der Waals surface area contributed by atoms with E-state index in [2.05, 4.69) is 5.32 Å². The van der Waals surface area contributed by atoms with Gasteiger partial charge in [0.2, 0.25) is 0 Å². The van der Waals surface area contributed by atoms with Gasteiger partial charge in [-0.05, 0) is 43.7 Å². The summed E-state index contributed by atoms with van der Waals surface area (Å²) < 4.78 is 13.9. The molecule has 0 aliphatic carbocycles. The second-order valence-corrected chi connectivity index (χ2v) is 6.13. The molecule has 2 N–H and O–H groups in total. The summed E-state index contributed by atoms with van der Waals surface area (Å²) in [4.78, 5) is 1.20. The Kier molecular flexibility index (Phi) is 4.80. The Balaban J connectivity index is 1.90. The Bertz CT molecular complexity index is 558. The highest BCUT2D eigenvalue weighted by Crippen LogP contribution is 2.25. The van der Waals surface area contributed by atoms with E-state index in [1.807, 2.05) is 19.1 Å². The highest BCUT2D eigenvalue weighted by atomic mass is 35.5. The van der Waals surface area contributed by atoms with Gasteiger partial charge in [0.25, 0.3) is 0 Å². The van der Waals surface area contributed by atoms with Crippen LogP contribution in [0.15, 0.2) is 30.3 Å². The van der Waals surface area contributed by atoms with Crippen LogP contribution in [0.4, 0.5) is 4.39 Å². The SMILES string of the molecule is CC(NCCc1ccc(Cl)s1)c1cc(F)ccc1O. The van der Waals surface area contributed by atoms with Crippen molar-refractivity contribution >= 4 is 22.9 Å². The quantitative estimate of drug-likeness (QED) is 0.869. The normalized spacial score (nSPS) is 12.6. The monoisotopic (exact) mass is 299 g/mol. The maximum atomic E-state index is 13.1. The van der Waals surface area contributed by atoms with Crippen LogP contribution in [0.1, 0.15) is 23.4 Å². The van der Waals surface area contributed by atoms with Crippen molar-refractivity contribution in [2.75, 3.05) is 6.54 Å². The minimum absolute atomic E-state index is 0.105. The second kappa shape index (κ2) is 6.37. The van der Waals surface area contributed by atoms with Gasteiger partial charge in [-0.3, -0.25) is 0 Å². The molecule has 0 spiro atoms. The van der Waals surface area contributed by atoms with E-state index < -0.39 is 0 Å². The minimum atomic E-state index is -0.341. The van der Waals surface area contributed by atoms with Gasteiger partial charge in [-0.1, -0.05) is 11.6 Å². The van der Waals surface area contributed by atoms with Gasteiger partial charge in [0, 0.05) is 23.0 Å². The van der Waals surface area contributed by atoms with E-state index in [4.69, 9.17) is 11.6 Å². The number of phenols is 1. The number of nitrogens with one attached hydrogen (secondary N) is 1. The molecule has 0 aliphatic heterocycles. The molecule has 2 rings (SSSR count). The Hall–Kier alpha value is -1.10. The largest absolute Gasteiger partial charge is 0.508 e. The lowest BCUT2D eigenvalue weighted by atomic mass is 10.1. The fourth-order valence-corrected chi connectivity index (χ4v) is 2.97. The van der Waals surface area contributed by atoms with Crippen molar-refractivity contribution in [3.8, 4) is 5.75 Å². The molecule has 1 atom stereocenters. The summed E-state index contributed by atoms with van der Waals surface area (Å²) in [6.45, 7) is 2.64. The molecule has 0 amide bonds. The van der Waals surface area contributed by atoms with E-state index in [1.165, 1.54) is 23.1 Å². The van der Waals surface area contributed by atoms with Crippen LogP contribution in [0.2, 0.25) is 4.34 Å². The number of aromatic hydroxyl groups is 1. The van der Waals surface area contributed by atoms with Gasteiger partial charge >= 0.3 is 0 Å². The summed E-state index contributed by atoms with van der Waals surface area (Å²) in [5.74, 6) is -0.230. The van der Waals surface area contributed by atoms with Crippen LogP contribution in [0.3, 0.4) is 0 Å². The van der Waals surface area contributed by atoms with Gasteiger partial charge < -0.3 is 10.4 Å². The predicted octanol–water partition coefficient (Wildman–Crippen LogP) is 4.14. The fraction of sp³-hybridized carbons (Fsp3) is 0.286. The average molecular weight is 300 g/mol. The van der Waals surface area contributed by atoms with Gasteiger partial charge in [-0.2, -0.15) is 0 Å². The molecular formula is C14H15ClFNOS. The summed E-state index contributed by atoms with van der Waals surface area (Å²) in [5, 5.41) is 13.0. The minimum Gasteiger partial charge on any atom is -0.508 e. The molecule has 1 heterocycles. The third-order valence-corrected chi connectivity index (χ3v) is 4.20. The lowest BCUT2D eigenvalue weighted by Gasteiger charge is -2.15. The summed E-state index contributed by atoms with van der Waals surface area (Å²) in [5.41, 5.74) is 0.573. The second-order valence-electron chi connectivity index (χ2n) is 4.33. The first-order valence-corrected chi connectivity index (χ1v) is 7.21. The Morgan fingerprint density at radius 1 is 1.37 bits per heavy atom. The van der Waals surface area contributed by atoms with Crippen LogP contribution < -0.4 is 5.32 Å². The van der Waals surface area contributed by atoms with Gasteiger partial charge in [-0.25, -0.2) is 4.39 Å². The number of phenolic OH excluding ortho intramolecular Hbond substituents is 1. The van der Waals surface area contributed by atoms with E-state index in [1.54, 1.807) is 11.3 Å². The van der Waals surface area contributed by atoms with Crippen molar-refractivity contribution in [3.63, 3.8) is 0 Å². The molecule has 1 unspecified atom stereocenters. The van der Waals surface area contributed by atoms with E-state index in [0.29, 0.717) is 5.56 Å². The lowest BCUT2D eigenvalue weighted by molar-refractivity contribution is 0.450. The number of rotatable bonds is 5. The summed E-state index contributed by atoms with van der Waals surface area (Å²) in [7, 11) is 0. The van der Waals surface area contributed by atoms with Crippen LogP contribution in [-0.4, -0.2) is 11.7 Å². The highest BCUT2D eigenvalue weighted by Gasteiger charge is 2.11. The number of thiophene rings is 1. The molecule has 0 aliphatic rings. The summed E-state index contributed by atoms with van der Waals surface area (Å²) in [6.07, 6.45) is 0.859. The van der Waals surface area contributed by atoms with Gasteiger partial charge in [0.15, 0.2) is 0 Å².